The fourth-order valence-corrected chi connectivity index (χ4v) is 5.15. The molecular weight excluding hydrogens is 492 g/mol. The highest BCUT2D eigenvalue weighted by Crippen LogP contribution is 2.51. The van der Waals surface area contributed by atoms with Crippen molar-refractivity contribution >= 4 is 0 Å². The van der Waals surface area contributed by atoms with E-state index in [1.807, 2.05) is 24.3 Å². The van der Waals surface area contributed by atoms with E-state index < -0.39 is 6.29 Å². The Balaban J connectivity index is 1.58. The summed E-state index contributed by atoms with van der Waals surface area (Å²) in [5.74, 6) is 1.67. The van der Waals surface area contributed by atoms with E-state index in [2.05, 4.69) is 45.0 Å². The Morgan fingerprint density at radius 2 is 1.38 bits per heavy atom. The van der Waals surface area contributed by atoms with Crippen molar-refractivity contribution in [1.29, 1.82) is 0 Å². The molecule has 39 heavy (non-hydrogen) atoms. The van der Waals surface area contributed by atoms with E-state index in [-0.39, 0.29) is 23.9 Å². The minimum Gasteiger partial charge on any atom is -0.497 e. The molecule has 2 aromatic rings. The lowest BCUT2D eigenvalue weighted by molar-refractivity contribution is -0.308. The van der Waals surface area contributed by atoms with Crippen LogP contribution >= 0.6 is 0 Å². The summed E-state index contributed by atoms with van der Waals surface area (Å²) < 4.78 is 38.4. The maximum Gasteiger partial charge on any atom is 0.229 e. The minimum atomic E-state index is -0.570. The van der Waals surface area contributed by atoms with Crippen molar-refractivity contribution in [1.82, 2.24) is 0 Å². The van der Waals surface area contributed by atoms with E-state index in [0.717, 1.165) is 74.8 Å². The lowest BCUT2D eigenvalue weighted by atomic mass is 9.95. The average Bonchev–Trinajstić information content (AvgIpc) is 3.73. The summed E-state index contributed by atoms with van der Waals surface area (Å²) in [4.78, 5) is 0. The van der Waals surface area contributed by atoms with Gasteiger partial charge in [0.2, 0.25) is 6.29 Å². The van der Waals surface area contributed by atoms with Gasteiger partial charge in [-0.25, -0.2) is 0 Å². The second kappa shape index (κ2) is 15.0. The Labute approximate surface area is 235 Å². The summed E-state index contributed by atoms with van der Waals surface area (Å²) in [6, 6.07) is 16.4. The zero-order valence-corrected chi connectivity index (χ0v) is 24.4. The molecule has 1 saturated carbocycles. The molecule has 216 valence electrons. The molecule has 0 amide bonds. The molecule has 1 spiro atoms. The molecule has 1 saturated heterocycles. The zero-order valence-electron chi connectivity index (χ0n) is 24.4. The first-order valence-corrected chi connectivity index (χ1v) is 15.0. The molecule has 4 rings (SSSR count). The van der Waals surface area contributed by atoms with Gasteiger partial charge >= 0.3 is 0 Å². The lowest BCUT2D eigenvalue weighted by Crippen LogP contribution is -2.63. The van der Waals surface area contributed by atoms with Crippen molar-refractivity contribution in [3.05, 3.63) is 59.7 Å². The lowest BCUT2D eigenvalue weighted by Gasteiger charge is -2.46. The number of benzene rings is 2. The van der Waals surface area contributed by atoms with Gasteiger partial charge in [-0.05, 0) is 61.4 Å². The van der Waals surface area contributed by atoms with Crippen LogP contribution in [0.5, 0.6) is 11.5 Å². The van der Waals surface area contributed by atoms with Crippen LogP contribution in [0.2, 0.25) is 0 Å². The highest BCUT2D eigenvalue weighted by Gasteiger charge is 2.63. The average molecular weight is 541 g/mol. The van der Waals surface area contributed by atoms with Crippen LogP contribution in [0.15, 0.2) is 48.5 Å². The fraction of sp³-hybridized carbons (Fsp3) is 0.636. The highest BCUT2D eigenvalue weighted by molar-refractivity contribution is 5.39. The Hall–Kier alpha value is -2.12. The Morgan fingerprint density at radius 3 is 2.00 bits per heavy atom. The van der Waals surface area contributed by atoms with Gasteiger partial charge in [0.25, 0.3) is 0 Å². The molecule has 0 aromatic heterocycles. The molecule has 1 unspecified atom stereocenters. The van der Waals surface area contributed by atoms with E-state index in [0.29, 0.717) is 19.8 Å². The largest absolute Gasteiger partial charge is 0.497 e. The minimum absolute atomic E-state index is 0.151. The van der Waals surface area contributed by atoms with Crippen LogP contribution in [0, 0.1) is 0 Å². The number of para-hydroxylation sites is 1. The van der Waals surface area contributed by atoms with E-state index in [4.69, 9.17) is 28.4 Å². The molecule has 1 aliphatic heterocycles. The zero-order chi connectivity index (χ0) is 27.5. The van der Waals surface area contributed by atoms with Gasteiger partial charge in [0.1, 0.15) is 35.4 Å². The predicted octanol–water partition coefficient (Wildman–Crippen LogP) is 7.11. The summed E-state index contributed by atoms with van der Waals surface area (Å²) in [7, 11) is 1.69. The van der Waals surface area contributed by atoms with Crippen LogP contribution in [0.25, 0.3) is 0 Å². The van der Waals surface area contributed by atoms with Crippen molar-refractivity contribution < 1.29 is 28.4 Å². The Bertz CT molecular complexity index is 972. The first-order valence-electron chi connectivity index (χ1n) is 15.0. The van der Waals surface area contributed by atoms with Crippen LogP contribution in [0.1, 0.15) is 83.3 Å². The van der Waals surface area contributed by atoms with Gasteiger partial charge in [-0.2, -0.15) is 0 Å². The van der Waals surface area contributed by atoms with E-state index in [9.17, 15) is 0 Å². The number of ether oxygens (including phenoxy) is 6. The smallest absolute Gasteiger partial charge is 0.229 e. The monoisotopic (exact) mass is 540 g/mol. The standard InChI is InChI=1S/C33H48O6/c1-5-8-21-35-29-30(36-22-9-6-2)32(39-33(19-20-33)31(29)37-23-10-7-3)38-28-14-12-11-13-26(28)24-25-15-17-27(34-4)18-16-25/h11-18,29-32H,5-10,19-24H2,1-4H3/t29-,30-,31+,32?/m1/s1. The molecule has 0 bridgehead atoms. The molecule has 0 N–H and O–H groups in total. The number of hydrogen-bond acceptors (Lipinski definition) is 6. The van der Waals surface area contributed by atoms with Gasteiger partial charge in [0.15, 0.2) is 0 Å². The van der Waals surface area contributed by atoms with Crippen LogP contribution in [0.4, 0.5) is 0 Å². The molecule has 6 nitrogen and oxygen atoms in total. The first-order chi connectivity index (χ1) is 19.1. The topological polar surface area (TPSA) is 55.4 Å². The molecule has 4 atom stereocenters. The maximum atomic E-state index is 6.78. The second-order valence-corrected chi connectivity index (χ2v) is 10.8. The van der Waals surface area contributed by atoms with Crippen molar-refractivity contribution in [2.45, 2.75) is 109 Å². The molecule has 1 aliphatic carbocycles. The molecule has 2 aliphatic rings. The van der Waals surface area contributed by atoms with Crippen molar-refractivity contribution in [3.63, 3.8) is 0 Å². The maximum absolute atomic E-state index is 6.78. The molecule has 6 heteroatoms. The number of unbranched alkanes of at least 4 members (excludes halogenated alkanes) is 3. The van der Waals surface area contributed by atoms with Crippen molar-refractivity contribution in [3.8, 4) is 11.5 Å². The van der Waals surface area contributed by atoms with Crippen molar-refractivity contribution in [2.24, 2.45) is 0 Å². The van der Waals surface area contributed by atoms with Crippen LogP contribution < -0.4 is 9.47 Å². The van der Waals surface area contributed by atoms with Gasteiger partial charge in [0, 0.05) is 26.2 Å². The van der Waals surface area contributed by atoms with Gasteiger partial charge in [0.05, 0.1) is 7.11 Å². The summed E-state index contributed by atoms with van der Waals surface area (Å²) in [6.07, 6.45) is 7.55. The highest BCUT2D eigenvalue weighted by atomic mass is 16.7. The van der Waals surface area contributed by atoms with Crippen molar-refractivity contribution in [2.75, 3.05) is 26.9 Å². The van der Waals surface area contributed by atoms with Crippen LogP contribution in [0.3, 0.4) is 0 Å². The number of hydrogen-bond donors (Lipinski definition) is 0. The summed E-state index contributed by atoms with van der Waals surface area (Å²) in [5.41, 5.74) is 1.93. The Kier molecular flexibility index (Phi) is 11.5. The van der Waals surface area contributed by atoms with E-state index in [1.165, 1.54) is 5.56 Å². The third kappa shape index (κ3) is 7.97. The van der Waals surface area contributed by atoms with Crippen LogP contribution in [-0.4, -0.2) is 57.1 Å². The second-order valence-electron chi connectivity index (χ2n) is 10.8. The summed E-state index contributed by atoms with van der Waals surface area (Å²) >= 11 is 0. The molecular formula is C33H48O6. The van der Waals surface area contributed by atoms with Gasteiger partial charge in [-0.3, -0.25) is 0 Å². The number of rotatable bonds is 17. The first kappa shape index (κ1) is 29.9. The normalized spacial score (nSPS) is 23.6. The van der Waals surface area contributed by atoms with Gasteiger partial charge < -0.3 is 28.4 Å². The van der Waals surface area contributed by atoms with Crippen LogP contribution in [-0.2, 0) is 25.4 Å². The molecule has 0 radical (unpaired) electrons. The number of methoxy groups -OCH3 is 1. The molecule has 2 aromatic carbocycles. The SMILES string of the molecule is CCCCO[C@@H]1[C@@H](OCCCC)C(Oc2ccccc2Cc2ccc(OC)cc2)OC2(CC2)[C@H]1OCCCC. The molecule has 2 fully saturated rings. The van der Waals surface area contributed by atoms with Gasteiger partial charge in [-0.15, -0.1) is 0 Å². The summed E-state index contributed by atoms with van der Waals surface area (Å²) in [6.45, 7) is 8.57. The fourth-order valence-electron chi connectivity index (χ4n) is 5.15. The van der Waals surface area contributed by atoms with E-state index in [1.54, 1.807) is 7.11 Å². The predicted molar refractivity (Wildman–Crippen MR) is 154 cm³/mol. The summed E-state index contributed by atoms with van der Waals surface area (Å²) in [5, 5.41) is 0. The molecule has 1 heterocycles. The van der Waals surface area contributed by atoms with Gasteiger partial charge in [-0.1, -0.05) is 70.4 Å². The van der Waals surface area contributed by atoms with E-state index >= 15 is 0 Å². The Morgan fingerprint density at radius 1 is 0.769 bits per heavy atom. The third-order valence-electron chi connectivity index (χ3n) is 7.68. The quantitative estimate of drug-likeness (QED) is 0.199. The third-order valence-corrected chi connectivity index (χ3v) is 7.68.